The summed E-state index contributed by atoms with van der Waals surface area (Å²) >= 11 is 6.52. The van der Waals surface area contributed by atoms with Crippen molar-refractivity contribution in [2.45, 2.75) is 19.9 Å². The highest BCUT2D eigenvalue weighted by atomic mass is 35.5. The first kappa shape index (κ1) is 15.8. The zero-order chi connectivity index (χ0) is 16.6. The van der Waals surface area contributed by atoms with E-state index < -0.39 is 0 Å². The van der Waals surface area contributed by atoms with E-state index in [1.54, 1.807) is 0 Å². The molecule has 120 valence electrons. The van der Waals surface area contributed by atoms with Crippen LogP contribution in [0, 0.1) is 0 Å². The lowest BCUT2D eigenvalue weighted by Crippen LogP contribution is -2.11. The van der Waals surface area contributed by atoms with Crippen molar-refractivity contribution in [2.75, 3.05) is 19.0 Å². The molecule has 0 aliphatic rings. The van der Waals surface area contributed by atoms with E-state index >= 15 is 0 Å². The summed E-state index contributed by atoms with van der Waals surface area (Å²) in [5.41, 5.74) is 11.2. The highest BCUT2D eigenvalue weighted by Gasteiger charge is 2.13. The molecule has 0 aliphatic heterocycles. The highest BCUT2D eigenvalue weighted by molar-refractivity contribution is 6.33. The SMILES string of the molecule is CCc1ccc(-c2cn3c(N(C)C)cnc3cc2CN)c(Cl)c1. The van der Waals surface area contributed by atoms with Gasteiger partial charge in [-0.2, -0.15) is 0 Å². The summed E-state index contributed by atoms with van der Waals surface area (Å²) in [7, 11) is 4.01. The molecular formula is C18H21ClN4. The molecule has 0 bridgehead atoms. The Kier molecular flexibility index (Phi) is 4.28. The van der Waals surface area contributed by atoms with Crippen molar-refractivity contribution < 1.29 is 0 Å². The van der Waals surface area contributed by atoms with Gasteiger partial charge in [0.25, 0.3) is 0 Å². The van der Waals surface area contributed by atoms with E-state index in [4.69, 9.17) is 17.3 Å². The predicted octanol–water partition coefficient (Wildman–Crippen LogP) is 3.74. The minimum Gasteiger partial charge on any atom is -0.363 e. The van der Waals surface area contributed by atoms with Crippen molar-refractivity contribution in [1.82, 2.24) is 9.38 Å². The molecule has 0 unspecified atom stereocenters. The third-order valence-electron chi connectivity index (χ3n) is 4.12. The van der Waals surface area contributed by atoms with Gasteiger partial charge < -0.3 is 10.6 Å². The monoisotopic (exact) mass is 328 g/mol. The van der Waals surface area contributed by atoms with Crippen LogP contribution in [0.4, 0.5) is 5.82 Å². The lowest BCUT2D eigenvalue weighted by Gasteiger charge is -2.15. The van der Waals surface area contributed by atoms with E-state index in [0.717, 1.165) is 39.6 Å². The summed E-state index contributed by atoms with van der Waals surface area (Å²) in [4.78, 5) is 6.50. The number of pyridine rings is 1. The molecule has 0 saturated carbocycles. The second-order valence-corrected chi connectivity index (χ2v) is 6.23. The number of nitrogens with zero attached hydrogens (tertiary/aromatic N) is 3. The molecule has 0 spiro atoms. The minimum absolute atomic E-state index is 0.446. The largest absolute Gasteiger partial charge is 0.363 e. The van der Waals surface area contributed by atoms with Gasteiger partial charge in [0, 0.05) is 43.0 Å². The van der Waals surface area contributed by atoms with Crippen LogP contribution in [0.15, 0.2) is 36.7 Å². The molecule has 2 N–H and O–H groups in total. The lowest BCUT2D eigenvalue weighted by atomic mass is 10.00. The summed E-state index contributed by atoms with van der Waals surface area (Å²) < 4.78 is 2.07. The van der Waals surface area contributed by atoms with Crippen molar-refractivity contribution in [3.05, 3.63) is 52.8 Å². The number of benzene rings is 1. The number of aromatic nitrogens is 2. The van der Waals surface area contributed by atoms with Gasteiger partial charge in [0.05, 0.1) is 6.20 Å². The molecule has 0 aliphatic carbocycles. The van der Waals surface area contributed by atoms with Gasteiger partial charge in [0.15, 0.2) is 0 Å². The average molecular weight is 329 g/mol. The van der Waals surface area contributed by atoms with E-state index in [1.165, 1.54) is 5.56 Å². The van der Waals surface area contributed by atoms with Crippen LogP contribution in [0.25, 0.3) is 16.8 Å². The van der Waals surface area contributed by atoms with Crippen LogP contribution >= 0.6 is 11.6 Å². The summed E-state index contributed by atoms with van der Waals surface area (Å²) in [5.74, 6) is 1.02. The van der Waals surface area contributed by atoms with Crippen LogP contribution in [-0.4, -0.2) is 23.5 Å². The Bertz CT molecular complexity index is 852. The zero-order valence-corrected chi connectivity index (χ0v) is 14.4. The Labute approximate surface area is 141 Å². The molecule has 2 aromatic heterocycles. The van der Waals surface area contributed by atoms with Gasteiger partial charge in [-0.25, -0.2) is 4.98 Å². The van der Waals surface area contributed by atoms with Crippen LogP contribution in [-0.2, 0) is 13.0 Å². The fraction of sp³-hybridized carbons (Fsp3) is 0.278. The van der Waals surface area contributed by atoms with Crippen molar-refractivity contribution in [3.63, 3.8) is 0 Å². The Morgan fingerprint density at radius 1 is 1.22 bits per heavy atom. The Balaban J connectivity index is 2.24. The molecule has 1 aromatic carbocycles. The number of nitrogens with two attached hydrogens (primary N) is 1. The summed E-state index contributed by atoms with van der Waals surface area (Å²) in [6, 6.07) is 8.26. The lowest BCUT2D eigenvalue weighted by molar-refractivity contribution is 1.02. The van der Waals surface area contributed by atoms with Crippen molar-refractivity contribution in [2.24, 2.45) is 5.73 Å². The maximum atomic E-state index is 6.52. The number of imidazole rings is 1. The number of rotatable bonds is 4. The maximum Gasteiger partial charge on any atom is 0.138 e. The fourth-order valence-corrected chi connectivity index (χ4v) is 3.09. The molecule has 3 aromatic rings. The van der Waals surface area contributed by atoms with Crippen LogP contribution in [0.1, 0.15) is 18.1 Å². The van der Waals surface area contributed by atoms with Crippen LogP contribution in [0.3, 0.4) is 0 Å². The Hall–Kier alpha value is -2.04. The fourth-order valence-electron chi connectivity index (χ4n) is 2.79. The number of fused-ring (bicyclic) bond motifs is 1. The van der Waals surface area contributed by atoms with Gasteiger partial charge in [0.2, 0.25) is 0 Å². The van der Waals surface area contributed by atoms with Crippen LogP contribution < -0.4 is 10.6 Å². The van der Waals surface area contributed by atoms with Gasteiger partial charge in [-0.05, 0) is 29.7 Å². The highest BCUT2D eigenvalue weighted by Crippen LogP contribution is 2.33. The topological polar surface area (TPSA) is 46.6 Å². The summed E-state index contributed by atoms with van der Waals surface area (Å²) in [6.07, 6.45) is 4.91. The minimum atomic E-state index is 0.446. The van der Waals surface area contributed by atoms with Gasteiger partial charge >= 0.3 is 0 Å². The molecule has 23 heavy (non-hydrogen) atoms. The van der Waals surface area contributed by atoms with E-state index in [1.807, 2.05) is 37.3 Å². The van der Waals surface area contributed by atoms with Gasteiger partial charge in [0.1, 0.15) is 11.5 Å². The standard InChI is InChI=1S/C18H21ClN4/c1-4-12-5-6-14(16(19)7-12)15-11-23-17(8-13(15)9-20)21-10-18(23)22(2)3/h5-8,10-11H,4,9,20H2,1-3H3. The molecule has 2 heterocycles. The smallest absolute Gasteiger partial charge is 0.138 e. The van der Waals surface area contributed by atoms with E-state index in [2.05, 4.69) is 34.6 Å². The number of hydrogen-bond acceptors (Lipinski definition) is 3. The molecule has 5 heteroatoms. The number of hydrogen-bond donors (Lipinski definition) is 1. The Morgan fingerprint density at radius 3 is 2.61 bits per heavy atom. The first-order valence-corrected chi connectivity index (χ1v) is 8.09. The number of halogens is 1. The number of anilines is 1. The predicted molar refractivity (Wildman–Crippen MR) is 97.2 cm³/mol. The third kappa shape index (κ3) is 2.80. The second kappa shape index (κ2) is 6.22. The summed E-state index contributed by atoms with van der Waals surface area (Å²) in [5, 5.41) is 0.755. The number of aryl methyl sites for hydroxylation is 1. The molecule has 0 fully saturated rings. The third-order valence-corrected chi connectivity index (χ3v) is 4.44. The normalized spacial score (nSPS) is 11.2. The van der Waals surface area contributed by atoms with Crippen molar-refractivity contribution in [3.8, 4) is 11.1 Å². The van der Waals surface area contributed by atoms with Crippen LogP contribution in [0.5, 0.6) is 0 Å². The molecule has 0 saturated heterocycles. The first-order chi connectivity index (χ1) is 11.0. The zero-order valence-electron chi connectivity index (χ0n) is 13.7. The molecule has 0 radical (unpaired) electrons. The molecule has 3 rings (SSSR count). The van der Waals surface area contributed by atoms with E-state index in [-0.39, 0.29) is 0 Å². The second-order valence-electron chi connectivity index (χ2n) is 5.82. The van der Waals surface area contributed by atoms with Crippen LogP contribution in [0.2, 0.25) is 5.02 Å². The molecule has 0 atom stereocenters. The molecular weight excluding hydrogens is 308 g/mol. The Morgan fingerprint density at radius 2 is 2.00 bits per heavy atom. The first-order valence-electron chi connectivity index (χ1n) is 7.71. The van der Waals surface area contributed by atoms with Gasteiger partial charge in [-0.1, -0.05) is 30.7 Å². The average Bonchev–Trinajstić information content (AvgIpc) is 2.96. The molecule has 0 amide bonds. The van der Waals surface area contributed by atoms with E-state index in [9.17, 15) is 0 Å². The molecule has 4 nitrogen and oxygen atoms in total. The van der Waals surface area contributed by atoms with Crippen molar-refractivity contribution in [1.29, 1.82) is 0 Å². The quantitative estimate of drug-likeness (QED) is 0.793. The maximum absolute atomic E-state index is 6.52. The van der Waals surface area contributed by atoms with Crippen molar-refractivity contribution >= 4 is 23.1 Å². The van der Waals surface area contributed by atoms with E-state index in [0.29, 0.717) is 6.54 Å². The van der Waals surface area contributed by atoms with Gasteiger partial charge in [-0.3, -0.25) is 4.40 Å². The summed E-state index contributed by atoms with van der Waals surface area (Å²) in [6.45, 7) is 2.57. The van der Waals surface area contributed by atoms with Gasteiger partial charge in [-0.15, -0.1) is 0 Å².